The molecule has 1 N–H and O–H groups in total. The number of H-pyrrole nitrogens is 1. The molecule has 1 aromatic heterocycles. The van der Waals surface area contributed by atoms with Crippen molar-refractivity contribution in [2.45, 2.75) is 6.92 Å². The number of nitrogens with one attached hydrogen (secondary N) is 1. The lowest BCUT2D eigenvalue weighted by molar-refractivity contribution is 0.101. The first kappa shape index (κ1) is 7.63. The maximum atomic E-state index is 10.7. The van der Waals surface area contributed by atoms with Crippen molar-refractivity contribution in [3.8, 4) is 0 Å². The number of halogens is 2. The van der Waals surface area contributed by atoms with Crippen LogP contribution in [0.15, 0.2) is 6.07 Å². The van der Waals surface area contributed by atoms with Gasteiger partial charge in [0, 0.05) is 6.92 Å². The van der Waals surface area contributed by atoms with E-state index in [4.69, 9.17) is 23.2 Å². The minimum Gasteiger partial charge on any atom is -0.342 e. The Kier molecular flexibility index (Phi) is 2.02. The predicted molar refractivity (Wildman–Crippen MR) is 40.8 cm³/mol. The van der Waals surface area contributed by atoms with Crippen molar-refractivity contribution < 1.29 is 4.79 Å². The van der Waals surface area contributed by atoms with Gasteiger partial charge < -0.3 is 4.98 Å². The molecule has 2 nitrogen and oxygen atoms in total. The molecular weight excluding hydrogens is 173 g/mol. The van der Waals surface area contributed by atoms with Crippen LogP contribution in [-0.2, 0) is 0 Å². The predicted octanol–water partition coefficient (Wildman–Crippen LogP) is 2.52. The number of aromatic amines is 1. The van der Waals surface area contributed by atoms with Crippen LogP contribution in [0.1, 0.15) is 17.4 Å². The van der Waals surface area contributed by atoms with Gasteiger partial charge in [-0.25, -0.2) is 0 Å². The van der Waals surface area contributed by atoms with Gasteiger partial charge in [-0.05, 0) is 6.07 Å². The highest BCUT2D eigenvalue weighted by atomic mass is 35.5. The van der Waals surface area contributed by atoms with Crippen molar-refractivity contribution >= 4 is 29.0 Å². The van der Waals surface area contributed by atoms with E-state index < -0.39 is 0 Å². The van der Waals surface area contributed by atoms with E-state index in [1.165, 1.54) is 13.0 Å². The molecule has 0 unspecified atom stereocenters. The van der Waals surface area contributed by atoms with E-state index in [0.717, 1.165) is 0 Å². The van der Waals surface area contributed by atoms with Crippen LogP contribution in [0, 0.1) is 0 Å². The summed E-state index contributed by atoms with van der Waals surface area (Å²) in [6.45, 7) is 1.44. The molecule has 0 saturated carbocycles. The van der Waals surface area contributed by atoms with Crippen LogP contribution in [0.25, 0.3) is 0 Å². The number of carbonyl (C=O) groups is 1. The molecule has 0 atom stereocenters. The highest BCUT2D eigenvalue weighted by Gasteiger charge is 2.05. The quantitative estimate of drug-likeness (QED) is 0.658. The number of hydrogen-bond donors (Lipinski definition) is 1. The molecule has 0 aromatic carbocycles. The van der Waals surface area contributed by atoms with Crippen LogP contribution >= 0.6 is 23.2 Å². The standard InChI is InChI=1S/C6H5Cl2NO/c1-3(10)5-2-4(7)6(8)9-5/h2,9H,1H3. The molecule has 10 heavy (non-hydrogen) atoms. The summed E-state index contributed by atoms with van der Waals surface area (Å²) in [7, 11) is 0. The molecule has 0 saturated heterocycles. The van der Waals surface area contributed by atoms with Gasteiger partial charge in [0.1, 0.15) is 5.15 Å². The monoisotopic (exact) mass is 177 g/mol. The Labute approximate surface area is 68.1 Å². The fourth-order valence-corrected chi connectivity index (χ4v) is 0.906. The van der Waals surface area contributed by atoms with Crippen LogP contribution < -0.4 is 0 Å². The topological polar surface area (TPSA) is 32.9 Å². The van der Waals surface area contributed by atoms with E-state index in [2.05, 4.69) is 4.98 Å². The molecular formula is C6H5Cl2NO. The van der Waals surface area contributed by atoms with Gasteiger partial charge in [0.05, 0.1) is 10.7 Å². The van der Waals surface area contributed by atoms with Crippen LogP contribution in [0.2, 0.25) is 10.2 Å². The maximum Gasteiger partial charge on any atom is 0.176 e. The van der Waals surface area contributed by atoms with Gasteiger partial charge in [-0.15, -0.1) is 0 Å². The van der Waals surface area contributed by atoms with E-state index >= 15 is 0 Å². The number of hydrogen-bond acceptors (Lipinski definition) is 1. The molecule has 1 aromatic rings. The van der Waals surface area contributed by atoms with Crippen LogP contribution in [0.5, 0.6) is 0 Å². The minimum atomic E-state index is -0.0752. The van der Waals surface area contributed by atoms with Gasteiger partial charge in [0.15, 0.2) is 5.78 Å². The molecule has 0 amide bonds. The van der Waals surface area contributed by atoms with Gasteiger partial charge in [0.25, 0.3) is 0 Å². The lowest BCUT2D eigenvalue weighted by Crippen LogP contribution is -1.89. The second-order valence-corrected chi connectivity index (χ2v) is 2.69. The fourth-order valence-electron chi connectivity index (χ4n) is 0.594. The number of aromatic nitrogens is 1. The SMILES string of the molecule is CC(=O)c1cc(Cl)c(Cl)[nH]1. The first-order valence-corrected chi connectivity index (χ1v) is 3.42. The van der Waals surface area contributed by atoms with Crippen LogP contribution in [-0.4, -0.2) is 10.8 Å². The van der Waals surface area contributed by atoms with Crippen molar-refractivity contribution in [2.24, 2.45) is 0 Å². The van der Waals surface area contributed by atoms with Crippen LogP contribution in [0.4, 0.5) is 0 Å². The van der Waals surface area contributed by atoms with E-state index in [9.17, 15) is 4.79 Å². The smallest absolute Gasteiger partial charge is 0.176 e. The average molecular weight is 178 g/mol. The second-order valence-electron chi connectivity index (χ2n) is 1.90. The van der Waals surface area contributed by atoms with Gasteiger partial charge in [0.2, 0.25) is 0 Å². The molecule has 0 spiro atoms. The minimum absolute atomic E-state index is 0.0752. The zero-order valence-corrected chi connectivity index (χ0v) is 6.75. The van der Waals surface area contributed by atoms with Gasteiger partial charge >= 0.3 is 0 Å². The highest BCUT2D eigenvalue weighted by molar-refractivity contribution is 6.41. The number of Topliss-reactive ketones (excluding diaryl/α,β-unsaturated/α-hetero) is 1. The third kappa shape index (κ3) is 1.33. The van der Waals surface area contributed by atoms with Gasteiger partial charge in [-0.2, -0.15) is 0 Å². The van der Waals surface area contributed by atoms with E-state index in [-0.39, 0.29) is 5.78 Å². The van der Waals surface area contributed by atoms with Gasteiger partial charge in [-0.1, -0.05) is 23.2 Å². The molecule has 4 heteroatoms. The zero-order chi connectivity index (χ0) is 7.72. The highest BCUT2D eigenvalue weighted by Crippen LogP contribution is 2.21. The van der Waals surface area contributed by atoms with Crippen molar-refractivity contribution in [3.63, 3.8) is 0 Å². The first-order valence-electron chi connectivity index (χ1n) is 2.66. The van der Waals surface area contributed by atoms with Crippen molar-refractivity contribution in [2.75, 3.05) is 0 Å². The molecule has 54 valence electrons. The summed E-state index contributed by atoms with van der Waals surface area (Å²) in [4.78, 5) is 13.3. The Hall–Kier alpha value is -0.470. The number of rotatable bonds is 1. The molecule has 1 heterocycles. The zero-order valence-electron chi connectivity index (χ0n) is 5.24. The summed E-state index contributed by atoms with van der Waals surface area (Å²) in [6, 6.07) is 1.51. The molecule has 0 aliphatic heterocycles. The Morgan fingerprint density at radius 2 is 2.20 bits per heavy atom. The summed E-state index contributed by atoms with van der Waals surface area (Å²) >= 11 is 11.1. The lowest BCUT2D eigenvalue weighted by atomic mass is 10.3. The summed E-state index contributed by atoms with van der Waals surface area (Å²) in [5.41, 5.74) is 0.440. The summed E-state index contributed by atoms with van der Waals surface area (Å²) < 4.78 is 0. The molecule has 0 bridgehead atoms. The molecule has 0 radical (unpaired) electrons. The van der Waals surface area contributed by atoms with Crippen molar-refractivity contribution in [1.82, 2.24) is 4.98 Å². The Balaban J connectivity index is 3.10. The first-order chi connectivity index (χ1) is 4.61. The Morgan fingerprint density at radius 1 is 1.60 bits per heavy atom. The average Bonchev–Trinajstić information content (AvgIpc) is 2.13. The lowest BCUT2D eigenvalue weighted by Gasteiger charge is -1.83. The third-order valence-corrected chi connectivity index (χ3v) is 1.80. The van der Waals surface area contributed by atoms with Gasteiger partial charge in [-0.3, -0.25) is 4.79 Å². The Morgan fingerprint density at radius 3 is 2.40 bits per heavy atom. The maximum absolute atomic E-state index is 10.7. The second kappa shape index (κ2) is 2.64. The number of ketones is 1. The Bertz CT molecular complexity index is 247. The molecule has 1 rings (SSSR count). The summed E-state index contributed by atoms with van der Waals surface area (Å²) in [5, 5.41) is 0.693. The van der Waals surface area contributed by atoms with Crippen molar-refractivity contribution in [3.05, 3.63) is 21.9 Å². The van der Waals surface area contributed by atoms with Crippen molar-refractivity contribution in [1.29, 1.82) is 0 Å². The van der Waals surface area contributed by atoms with Crippen LogP contribution in [0.3, 0.4) is 0 Å². The van der Waals surface area contributed by atoms with E-state index in [0.29, 0.717) is 15.9 Å². The fraction of sp³-hybridized carbons (Fsp3) is 0.167. The summed E-state index contributed by atoms with van der Waals surface area (Å²) in [5.74, 6) is -0.0752. The number of carbonyl (C=O) groups excluding carboxylic acids is 1. The molecule has 0 aliphatic rings. The largest absolute Gasteiger partial charge is 0.342 e. The summed E-state index contributed by atoms with van der Waals surface area (Å²) in [6.07, 6.45) is 0. The van der Waals surface area contributed by atoms with E-state index in [1.54, 1.807) is 0 Å². The molecule has 0 aliphatic carbocycles. The third-order valence-electron chi connectivity index (χ3n) is 1.10. The normalized spacial score (nSPS) is 9.90. The van der Waals surface area contributed by atoms with E-state index in [1.807, 2.05) is 0 Å². The molecule has 0 fully saturated rings.